The van der Waals surface area contributed by atoms with Crippen LogP contribution >= 0.6 is 0 Å². The molecule has 0 amide bonds. The Kier molecular flexibility index (Phi) is 8.18. The molecule has 1 saturated carbocycles. The first-order chi connectivity index (χ1) is 16.6. The second-order valence-corrected chi connectivity index (χ2v) is 9.01. The van der Waals surface area contributed by atoms with Gasteiger partial charge >= 0.3 is 5.97 Å². The number of ketones is 1. The molecule has 5 nitrogen and oxygen atoms in total. The SMILES string of the molecule is O=C(O)CCCCCOc1ccccc1C1CCCCC1C(=O)c1ccc(-c2ccco2)cc1. The second-order valence-electron chi connectivity index (χ2n) is 9.01. The molecule has 1 N–H and O–H groups in total. The molecule has 0 aliphatic heterocycles. The number of unbranched alkanes of at least 4 members (excludes halogenated alkanes) is 2. The van der Waals surface area contributed by atoms with E-state index in [4.69, 9.17) is 14.3 Å². The standard InChI is InChI=1S/C29H32O5/c30-28(31)14-2-1-7-19-34-27-12-6-5-10-24(27)23-9-3-4-11-25(23)29(32)22-17-15-21(16-18-22)26-13-8-20-33-26/h5-6,8,10,12-13,15-18,20,23,25H,1-4,7,9,11,14,19H2,(H,30,31). The van der Waals surface area contributed by atoms with Gasteiger partial charge in [-0.1, -0.05) is 55.3 Å². The number of rotatable bonds is 11. The summed E-state index contributed by atoms with van der Waals surface area (Å²) in [6.45, 7) is 0.552. The van der Waals surface area contributed by atoms with Gasteiger partial charge in [-0.15, -0.1) is 0 Å². The molecular weight excluding hydrogens is 428 g/mol. The molecule has 2 unspecified atom stereocenters. The fourth-order valence-electron chi connectivity index (χ4n) is 4.93. The highest BCUT2D eigenvalue weighted by Gasteiger charge is 2.34. The second kappa shape index (κ2) is 11.7. The minimum atomic E-state index is -0.755. The molecule has 0 spiro atoms. The Bertz CT molecular complexity index is 1070. The number of carbonyl (C=O) groups is 2. The van der Waals surface area contributed by atoms with Gasteiger partial charge in [0.1, 0.15) is 11.5 Å². The van der Waals surface area contributed by atoms with E-state index in [1.807, 2.05) is 54.6 Å². The highest BCUT2D eigenvalue weighted by atomic mass is 16.5. The normalized spacial score (nSPS) is 17.9. The summed E-state index contributed by atoms with van der Waals surface area (Å²) >= 11 is 0. The average Bonchev–Trinajstić information content (AvgIpc) is 3.41. The Balaban J connectivity index is 1.44. The molecule has 0 radical (unpaired) electrons. The molecule has 34 heavy (non-hydrogen) atoms. The van der Waals surface area contributed by atoms with E-state index in [2.05, 4.69) is 6.07 Å². The van der Waals surface area contributed by atoms with Crippen LogP contribution in [0.3, 0.4) is 0 Å². The van der Waals surface area contributed by atoms with E-state index < -0.39 is 5.97 Å². The molecule has 178 valence electrons. The summed E-state index contributed by atoms with van der Waals surface area (Å²) in [5, 5.41) is 8.77. The number of Topliss-reactive ketones (excluding diaryl/α,β-unsaturated/α-hetero) is 1. The maximum absolute atomic E-state index is 13.6. The predicted octanol–water partition coefficient (Wildman–Crippen LogP) is 7.13. The lowest BCUT2D eigenvalue weighted by Crippen LogP contribution is -2.26. The number of hydrogen-bond acceptors (Lipinski definition) is 4. The van der Waals surface area contributed by atoms with Gasteiger partial charge in [0, 0.05) is 23.5 Å². The fraction of sp³-hybridized carbons (Fsp3) is 0.379. The number of para-hydroxylation sites is 1. The number of hydrogen-bond donors (Lipinski definition) is 1. The molecule has 5 heteroatoms. The molecule has 2 aromatic carbocycles. The van der Waals surface area contributed by atoms with Crippen molar-refractivity contribution in [3.05, 3.63) is 78.1 Å². The van der Waals surface area contributed by atoms with Gasteiger partial charge in [-0.25, -0.2) is 0 Å². The number of carbonyl (C=O) groups excluding carboxylic acids is 1. The van der Waals surface area contributed by atoms with Gasteiger partial charge < -0.3 is 14.3 Å². The van der Waals surface area contributed by atoms with Crippen LogP contribution in [0.25, 0.3) is 11.3 Å². The molecule has 0 saturated heterocycles. The van der Waals surface area contributed by atoms with E-state index in [1.165, 1.54) is 0 Å². The van der Waals surface area contributed by atoms with Crippen LogP contribution in [0.15, 0.2) is 71.3 Å². The summed E-state index contributed by atoms with van der Waals surface area (Å²) in [4.78, 5) is 24.2. The number of carboxylic acids is 1. The maximum Gasteiger partial charge on any atom is 0.303 e. The van der Waals surface area contributed by atoms with Crippen LogP contribution in [0.4, 0.5) is 0 Å². The zero-order valence-corrected chi connectivity index (χ0v) is 19.4. The third-order valence-electron chi connectivity index (χ3n) is 6.69. The van der Waals surface area contributed by atoms with Gasteiger partial charge in [-0.2, -0.15) is 0 Å². The highest BCUT2D eigenvalue weighted by Crippen LogP contribution is 2.43. The number of benzene rings is 2. The highest BCUT2D eigenvalue weighted by molar-refractivity contribution is 5.99. The fourth-order valence-corrected chi connectivity index (χ4v) is 4.93. The summed E-state index contributed by atoms with van der Waals surface area (Å²) in [6.07, 6.45) is 8.18. The number of aliphatic carboxylic acids is 1. The third kappa shape index (κ3) is 5.96. The van der Waals surface area contributed by atoms with Crippen LogP contribution in [-0.4, -0.2) is 23.5 Å². The molecule has 4 rings (SSSR count). The monoisotopic (exact) mass is 460 g/mol. The Morgan fingerprint density at radius 1 is 0.912 bits per heavy atom. The summed E-state index contributed by atoms with van der Waals surface area (Å²) < 4.78 is 11.6. The van der Waals surface area contributed by atoms with Crippen molar-refractivity contribution in [3.8, 4) is 17.1 Å². The van der Waals surface area contributed by atoms with Crippen LogP contribution in [0.1, 0.15) is 73.2 Å². The van der Waals surface area contributed by atoms with Crippen molar-refractivity contribution in [2.24, 2.45) is 5.92 Å². The van der Waals surface area contributed by atoms with Gasteiger partial charge in [-0.3, -0.25) is 9.59 Å². The third-order valence-corrected chi connectivity index (χ3v) is 6.69. The van der Waals surface area contributed by atoms with Crippen LogP contribution < -0.4 is 4.74 Å². The largest absolute Gasteiger partial charge is 0.493 e. The topological polar surface area (TPSA) is 76.7 Å². The van der Waals surface area contributed by atoms with E-state index in [0.29, 0.717) is 13.0 Å². The lowest BCUT2D eigenvalue weighted by atomic mass is 9.72. The van der Waals surface area contributed by atoms with Crippen molar-refractivity contribution in [2.45, 2.75) is 57.3 Å². The van der Waals surface area contributed by atoms with Gasteiger partial charge in [-0.05, 0) is 61.8 Å². The smallest absolute Gasteiger partial charge is 0.303 e. The van der Waals surface area contributed by atoms with Crippen molar-refractivity contribution in [3.63, 3.8) is 0 Å². The Morgan fingerprint density at radius 3 is 2.47 bits per heavy atom. The van der Waals surface area contributed by atoms with E-state index in [-0.39, 0.29) is 24.0 Å². The Morgan fingerprint density at radius 2 is 1.71 bits per heavy atom. The Hall–Kier alpha value is -3.34. The van der Waals surface area contributed by atoms with Crippen molar-refractivity contribution >= 4 is 11.8 Å². The molecule has 1 fully saturated rings. The zero-order chi connectivity index (χ0) is 23.8. The molecule has 1 aliphatic carbocycles. The summed E-state index contributed by atoms with van der Waals surface area (Å²) in [6, 6.07) is 19.6. The lowest BCUT2D eigenvalue weighted by molar-refractivity contribution is -0.137. The van der Waals surface area contributed by atoms with Crippen molar-refractivity contribution in [1.82, 2.24) is 0 Å². The summed E-state index contributed by atoms with van der Waals surface area (Å²) in [5.74, 6) is 1.15. The molecule has 0 bridgehead atoms. The van der Waals surface area contributed by atoms with Crippen LogP contribution in [0.5, 0.6) is 5.75 Å². The molecule has 1 heterocycles. The first-order valence-electron chi connectivity index (χ1n) is 12.2. The predicted molar refractivity (Wildman–Crippen MR) is 131 cm³/mol. The van der Waals surface area contributed by atoms with Crippen molar-refractivity contribution < 1.29 is 23.8 Å². The Labute approximate surface area is 200 Å². The first-order valence-corrected chi connectivity index (χ1v) is 12.2. The number of furan rings is 1. The minimum Gasteiger partial charge on any atom is -0.493 e. The first kappa shape index (κ1) is 23.8. The molecular formula is C29H32O5. The summed E-state index contributed by atoms with van der Waals surface area (Å²) in [5.41, 5.74) is 2.81. The molecule has 1 aliphatic rings. The van der Waals surface area contributed by atoms with Crippen LogP contribution in [0, 0.1) is 5.92 Å². The van der Waals surface area contributed by atoms with E-state index in [0.717, 1.165) is 66.7 Å². The molecule has 2 atom stereocenters. The van der Waals surface area contributed by atoms with E-state index in [9.17, 15) is 9.59 Å². The van der Waals surface area contributed by atoms with E-state index in [1.54, 1.807) is 6.26 Å². The molecule has 1 aromatic heterocycles. The zero-order valence-electron chi connectivity index (χ0n) is 19.4. The average molecular weight is 461 g/mol. The lowest BCUT2D eigenvalue weighted by Gasteiger charge is -2.32. The maximum atomic E-state index is 13.6. The van der Waals surface area contributed by atoms with Crippen molar-refractivity contribution in [1.29, 1.82) is 0 Å². The van der Waals surface area contributed by atoms with Crippen LogP contribution in [0.2, 0.25) is 0 Å². The molecule has 3 aromatic rings. The minimum absolute atomic E-state index is 0.0662. The number of ether oxygens (including phenoxy) is 1. The van der Waals surface area contributed by atoms with Gasteiger partial charge in [0.15, 0.2) is 5.78 Å². The van der Waals surface area contributed by atoms with Gasteiger partial charge in [0.2, 0.25) is 0 Å². The van der Waals surface area contributed by atoms with Crippen LogP contribution in [-0.2, 0) is 4.79 Å². The number of carboxylic acid groups (broad SMARTS) is 1. The summed E-state index contributed by atoms with van der Waals surface area (Å²) in [7, 11) is 0. The van der Waals surface area contributed by atoms with Gasteiger partial charge in [0.25, 0.3) is 0 Å². The van der Waals surface area contributed by atoms with Crippen molar-refractivity contribution in [2.75, 3.05) is 6.61 Å². The quantitative estimate of drug-likeness (QED) is 0.243. The van der Waals surface area contributed by atoms with Gasteiger partial charge in [0.05, 0.1) is 12.9 Å². The van der Waals surface area contributed by atoms with E-state index >= 15 is 0 Å².